The first kappa shape index (κ1) is 19.4. The van der Waals surface area contributed by atoms with Crippen molar-refractivity contribution in [2.45, 2.75) is 26.7 Å². The monoisotopic (exact) mass is 384 g/mol. The van der Waals surface area contributed by atoms with E-state index >= 15 is 0 Å². The lowest BCUT2D eigenvalue weighted by molar-refractivity contribution is -0.126. The molecule has 2 atom stereocenters. The van der Waals surface area contributed by atoms with Gasteiger partial charge in [0.15, 0.2) is 0 Å². The number of amides is 2. The molecule has 0 saturated heterocycles. The number of halogens is 1. The Morgan fingerprint density at radius 1 is 1.15 bits per heavy atom. The minimum Gasteiger partial charge on any atom is -0.356 e. The Hall–Kier alpha value is -2.33. The Labute approximate surface area is 165 Å². The summed E-state index contributed by atoms with van der Waals surface area (Å²) in [7, 11) is 0. The van der Waals surface area contributed by atoms with Crippen molar-refractivity contribution in [2.75, 3.05) is 18.0 Å². The van der Waals surface area contributed by atoms with Gasteiger partial charge in [-0.2, -0.15) is 0 Å². The third-order valence-corrected chi connectivity index (χ3v) is 5.22. The first-order chi connectivity index (χ1) is 13.0. The van der Waals surface area contributed by atoms with E-state index in [2.05, 4.69) is 5.32 Å². The van der Waals surface area contributed by atoms with Crippen LogP contribution in [-0.4, -0.2) is 24.9 Å². The second-order valence-corrected chi connectivity index (χ2v) is 7.47. The Morgan fingerprint density at radius 2 is 1.89 bits per heavy atom. The van der Waals surface area contributed by atoms with Crippen molar-refractivity contribution in [1.29, 1.82) is 0 Å². The highest BCUT2D eigenvalue weighted by molar-refractivity contribution is 6.30. The molecular weight excluding hydrogens is 360 g/mol. The average molecular weight is 385 g/mol. The lowest BCUT2D eigenvalue weighted by atomic mass is 10.1. The van der Waals surface area contributed by atoms with Crippen LogP contribution in [0.15, 0.2) is 48.5 Å². The fourth-order valence-electron chi connectivity index (χ4n) is 3.33. The van der Waals surface area contributed by atoms with Gasteiger partial charge in [0.1, 0.15) is 0 Å². The maximum Gasteiger partial charge on any atom is 0.230 e. The second kappa shape index (κ2) is 8.57. The van der Waals surface area contributed by atoms with Crippen LogP contribution in [0, 0.1) is 18.8 Å². The number of carbonyl (C=O) groups is 2. The summed E-state index contributed by atoms with van der Waals surface area (Å²) in [5.74, 6) is -0.397. The van der Waals surface area contributed by atoms with Gasteiger partial charge < -0.3 is 10.2 Å². The highest BCUT2D eigenvalue weighted by Crippen LogP contribution is 2.41. The van der Waals surface area contributed by atoms with Crippen molar-refractivity contribution in [3.8, 4) is 0 Å². The third-order valence-electron chi connectivity index (χ3n) is 4.97. The number of aryl methyl sites for hydroxylation is 1. The van der Waals surface area contributed by atoms with Gasteiger partial charge in [-0.3, -0.25) is 9.59 Å². The van der Waals surface area contributed by atoms with Crippen LogP contribution in [0.3, 0.4) is 0 Å². The number of nitrogens with zero attached hydrogens (tertiary/aromatic N) is 1. The maximum absolute atomic E-state index is 12.8. The Balaban J connectivity index is 1.50. The summed E-state index contributed by atoms with van der Waals surface area (Å²) < 4.78 is 0. The average Bonchev–Trinajstić information content (AvgIpc) is 3.45. The number of anilines is 1. The van der Waals surface area contributed by atoms with Gasteiger partial charge in [0, 0.05) is 23.8 Å². The summed E-state index contributed by atoms with van der Waals surface area (Å²) in [6, 6.07) is 15.5. The first-order valence-electron chi connectivity index (χ1n) is 9.39. The van der Waals surface area contributed by atoms with E-state index in [0.29, 0.717) is 24.5 Å². The predicted molar refractivity (Wildman–Crippen MR) is 109 cm³/mol. The highest BCUT2D eigenvalue weighted by Gasteiger charge is 2.49. The standard InChI is InChI=1S/C22H25ClN2O2/c1-3-25(18-6-4-5-15(2)13-18)22(27)20-14-19(20)21(26)24-12-11-16-7-9-17(23)10-8-16/h4-10,13,19-20H,3,11-12,14H2,1-2H3,(H,24,26). The molecular formula is C22H25ClN2O2. The first-order valence-corrected chi connectivity index (χ1v) is 9.77. The molecule has 1 aliphatic rings. The molecule has 1 N–H and O–H groups in total. The molecule has 27 heavy (non-hydrogen) atoms. The van der Waals surface area contributed by atoms with Crippen molar-refractivity contribution in [3.63, 3.8) is 0 Å². The van der Waals surface area contributed by atoms with Crippen LogP contribution >= 0.6 is 11.6 Å². The Morgan fingerprint density at radius 3 is 2.56 bits per heavy atom. The molecule has 1 fully saturated rings. The van der Waals surface area contributed by atoms with Crippen molar-refractivity contribution in [1.82, 2.24) is 5.32 Å². The quantitative estimate of drug-likeness (QED) is 0.784. The fourth-order valence-corrected chi connectivity index (χ4v) is 3.46. The summed E-state index contributed by atoms with van der Waals surface area (Å²) in [6.07, 6.45) is 1.38. The van der Waals surface area contributed by atoms with Crippen molar-refractivity contribution in [3.05, 3.63) is 64.7 Å². The van der Waals surface area contributed by atoms with Crippen LogP contribution in [0.2, 0.25) is 5.02 Å². The van der Waals surface area contributed by atoms with Crippen LogP contribution in [0.1, 0.15) is 24.5 Å². The van der Waals surface area contributed by atoms with Gasteiger partial charge in [0.2, 0.25) is 11.8 Å². The lowest BCUT2D eigenvalue weighted by Crippen LogP contribution is -2.34. The molecule has 0 radical (unpaired) electrons. The Bertz CT molecular complexity index is 819. The van der Waals surface area contributed by atoms with E-state index in [9.17, 15) is 9.59 Å². The minimum atomic E-state index is -0.207. The molecule has 1 aliphatic carbocycles. The normalized spacial score (nSPS) is 18.0. The molecule has 4 nitrogen and oxygen atoms in total. The number of hydrogen-bond acceptors (Lipinski definition) is 2. The summed E-state index contributed by atoms with van der Waals surface area (Å²) in [6.45, 7) is 5.14. The summed E-state index contributed by atoms with van der Waals surface area (Å²) in [5, 5.41) is 3.66. The molecule has 2 amide bonds. The van der Waals surface area contributed by atoms with Crippen LogP contribution in [0.5, 0.6) is 0 Å². The molecule has 1 saturated carbocycles. The zero-order valence-electron chi connectivity index (χ0n) is 15.7. The number of benzene rings is 2. The zero-order valence-corrected chi connectivity index (χ0v) is 16.5. The van der Waals surface area contributed by atoms with E-state index in [1.165, 1.54) is 0 Å². The molecule has 0 bridgehead atoms. The van der Waals surface area contributed by atoms with E-state index in [4.69, 9.17) is 11.6 Å². The molecule has 5 heteroatoms. The lowest BCUT2D eigenvalue weighted by Gasteiger charge is -2.21. The van der Waals surface area contributed by atoms with Gasteiger partial charge in [-0.15, -0.1) is 0 Å². The number of carbonyl (C=O) groups excluding carboxylic acids is 2. The Kier molecular flexibility index (Phi) is 6.17. The van der Waals surface area contributed by atoms with Gasteiger partial charge in [0.25, 0.3) is 0 Å². The molecule has 142 valence electrons. The number of hydrogen-bond donors (Lipinski definition) is 1. The molecule has 0 aromatic heterocycles. The van der Waals surface area contributed by atoms with Crippen LogP contribution in [0.25, 0.3) is 0 Å². The number of nitrogens with one attached hydrogen (secondary N) is 1. The molecule has 0 aliphatic heterocycles. The van der Waals surface area contributed by atoms with Gasteiger partial charge in [-0.25, -0.2) is 0 Å². The van der Waals surface area contributed by atoms with Gasteiger partial charge in [-0.05, 0) is 62.1 Å². The SMILES string of the molecule is CCN(C(=O)C1CC1C(=O)NCCc1ccc(Cl)cc1)c1cccc(C)c1. The van der Waals surface area contributed by atoms with Crippen molar-refractivity contribution >= 4 is 29.1 Å². The largest absolute Gasteiger partial charge is 0.356 e. The topological polar surface area (TPSA) is 49.4 Å². The van der Waals surface area contributed by atoms with Crippen molar-refractivity contribution in [2.24, 2.45) is 11.8 Å². The summed E-state index contributed by atoms with van der Waals surface area (Å²) in [4.78, 5) is 27.0. The molecule has 2 aromatic carbocycles. The smallest absolute Gasteiger partial charge is 0.230 e. The van der Waals surface area contributed by atoms with E-state index < -0.39 is 0 Å². The maximum atomic E-state index is 12.8. The molecule has 2 unspecified atom stereocenters. The van der Waals surface area contributed by atoms with Crippen LogP contribution < -0.4 is 10.2 Å². The van der Waals surface area contributed by atoms with Gasteiger partial charge in [-0.1, -0.05) is 35.9 Å². The molecule has 0 heterocycles. The van der Waals surface area contributed by atoms with E-state index in [1.54, 1.807) is 4.90 Å². The summed E-state index contributed by atoms with van der Waals surface area (Å²) >= 11 is 5.88. The predicted octanol–water partition coefficient (Wildman–Crippen LogP) is 4.00. The van der Waals surface area contributed by atoms with Gasteiger partial charge >= 0.3 is 0 Å². The third kappa shape index (κ3) is 4.89. The van der Waals surface area contributed by atoms with E-state index in [-0.39, 0.29) is 23.7 Å². The fraction of sp³-hybridized carbons (Fsp3) is 0.364. The van der Waals surface area contributed by atoms with E-state index in [0.717, 1.165) is 23.2 Å². The molecule has 2 aromatic rings. The van der Waals surface area contributed by atoms with Crippen molar-refractivity contribution < 1.29 is 9.59 Å². The van der Waals surface area contributed by atoms with E-state index in [1.807, 2.05) is 62.4 Å². The molecule has 0 spiro atoms. The number of rotatable bonds is 7. The summed E-state index contributed by atoms with van der Waals surface area (Å²) in [5.41, 5.74) is 3.14. The van der Waals surface area contributed by atoms with Gasteiger partial charge in [0.05, 0.1) is 11.8 Å². The molecule has 3 rings (SSSR count). The highest BCUT2D eigenvalue weighted by atomic mass is 35.5. The zero-order chi connectivity index (χ0) is 19.4. The second-order valence-electron chi connectivity index (χ2n) is 7.04. The van der Waals surface area contributed by atoms with Crippen LogP contribution in [0.4, 0.5) is 5.69 Å². The van der Waals surface area contributed by atoms with Crippen LogP contribution in [-0.2, 0) is 16.0 Å². The minimum absolute atomic E-state index is 0.0254.